The van der Waals surface area contributed by atoms with Gasteiger partial charge in [0.05, 0.1) is 6.04 Å². The minimum absolute atomic E-state index is 0.0787. The number of rotatable bonds is 4. The summed E-state index contributed by atoms with van der Waals surface area (Å²) in [5.74, 6) is 2.36. The average Bonchev–Trinajstić information content (AvgIpc) is 2.42. The fraction of sp³-hybridized carbons (Fsp3) is 0.500. The van der Waals surface area contributed by atoms with Gasteiger partial charge in [0.25, 0.3) is 0 Å². The van der Waals surface area contributed by atoms with Crippen molar-refractivity contribution in [3.63, 3.8) is 0 Å². The minimum Gasteiger partial charge on any atom is -0.508 e. The second-order valence-corrected chi connectivity index (χ2v) is 6.10. The van der Waals surface area contributed by atoms with Gasteiger partial charge >= 0.3 is 0 Å². The Balaban J connectivity index is 1.83. The summed E-state index contributed by atoms with van der Waals surface area (Å²) >= 11 is 1.93. The van der Waals surface area contributed by atoms with E-state index in [0.717, 1.165) is 29.9 Å². The number of thioether (sulfide) groups is 1. The van der Waals surface area contributed by atoms with E-state index in [1.165, 1.54) is 0 Å². The highest BCUT2D eigenvalue weighted by molar-refractivity contribution is 7.99. The molecule has 1 aromatic carbocycles. The van der Waals surface area contributed by atoms with Crippen LogP contribution in [0.4, 0.5) is 0 Å². The Morgan fingerprint density at radius 2 is 2.00 bits per heavy atom. The summed E-state index contributed by atoms with van der Waals surface area (Å²) in [6.07, 6.45) is 2.55. The summed E-state index contributed by atoms with van der Waals surface area (Å²) in [6.45, 7) is 0. The van der Waals surface area contributed by atoms with Gasteiger partial charge in [-0.3, -0.25) is 4.79 Å². The van der Waals surface area contributed by atoms with Crippen molar-refractivity contribution in [2.45, 2.75) is 31.3 Å². The van der Waals surface area contributed by atoms with Crippen molar-refractivity contribution in [2.75, 3.05) is 11.5 Å². The van der Waals surface area contributed by atoms with Crippen LogP contribution in [0.1, 0.15) is 18.4 Å². The van der Waals surface area contributed by atoms with Gasteiger partial charge in [-0.25, -0.2) is 0 Å². The predicted molar refractivity (Wildman–Crippen MR) is 78.3 cm³/mol. The van der Waals surface area contributed by atoms with Gasteiger partial charge in [-0.2, -0.15) is 11.8 Å². The van der Waals surface area contributed by atoms with E-state index in [1.54, 1.807) is 24.3 Å². The van der Waals surface area contributed by atoms with Crippen LogP contribution in [0.5, 0.6) is 5.75 Å². The molecule has 1 aromatic rings. The van der Waals surface area contributed by atoms with Crippen molar-refractivity contribution in [2.24, 2.45) is 5.73 Å². The van der Waals surface area contributed by atoms with E-state index in [9.17, 15) is 9.90 Å². The molecule has 19 heavy (non-hydrogen) atoms. The lowest BCUT2D eigenvalue weighted by Crippen LogP contribution is -2.47. The Kier molecular flexibility index (Phi) is 5.10. The summed E-state index contributed by atoms with van der Waals surface area (Å²) in [7, 11) is 0. The molecule has 1 saturated heterocycles. The maximum absolute atomic E-state index is 12.0. The van der Waals surface area contributed by atoms with Crippen molar-refractivity contribution in [3.8, 4) is 5.75 Å². The van der Waals surface area contributed by atoms with Crippen LogP contribution in [0.15, 0.2) is 24.3 Å². The minimum atomic E-state index is -0.529. The molecule has 1 fully saturated rings. The number of carbonyl (C=O) groups excluding carboxylic acids is 1. The third-order valence-electron chi connectivity index (χ3n) is 3.30. The number of phenols is 1. The Morgan fingerprint density at radius 1 is 1.37 bits per heavy atom. The highest BCUT2D eigenvalue weighted by Crippen LogP contribution is 2.17. The molecule has 1 heterocycles. The van der Waals surface area contributed by atoms with Crippen LogP contribution >= 0.6 is 11.8 Å². The van der Waals surface area contributed by atoms with E-state index in [1.807, 2.05) is 11.8 Å². The molecule has 0 bridgehead atoms. The number of aromatic hydroxyl groups is 1. The number of phenolic OH excluding ortho intramolecular Hbond substituents is 1. The van der Waals surface area contributed by atoms with Gasteiger partial charge in [0.2, 0.25) is 5.91 Å². The van der Waals surface area contributed by atoms with E-state index in [2.05, 4.69) is 5.32 Å². The van der Waals surface area contributed by atoms with Crippen LogP contribution in [0.2, 0.25) is 0 Å². The number of benzene rings is 1. The maximum Gasteiger partial charge on any atom is 0.237 e. The number of nitrogens with one attached hydrogen (secondary N) is 1. The Labute approximate surface area is 117 Å². The molecule has 1 aliphatic rings. The zero-order chi connectivity index (χ0) is 13.7. The van der Waals surface area contributed by atoms with Gasteiger partial charge in [0.15, 0.2) is 0 Å². The molecule has 0 aromatic heterocycles. The van der Waals surface area contributed by atoms with Gasteiger partial charge in [-0.1, -0.05) is 12.1 Å². The van der Waals surface area contributed by atoms with Crippen molar-refractivity contribution in [3.05, 3.63) is 29.8 Å². The lowest BCUT2D eigenvalue weighted by molar-refractivity contribution is -0.123. The van der Waals surface area contributed by atoms with Crippen molar-refractivity contribution >= 4 is 17.7 Å². The van der Waals surface area contributed by atoms with Gasteiger partial charge in [-0.05, 0) is 48.5 Å². The smallest absolute Gasteiger partial charge is 0.237 e. The van der Waals surface area contributed by atoms with E-state index >= 15 is 0 Å². The molecule has 0 spiro atoms. The van der Waals surface area contributed by atoms with Gasteiger partial charge in [0.1, 0.15) is 5.75 Å². The van der Waals surface area contributed by atoms with Crippen LogP contribution < -0.4 is 11.1 Å². The Hall–Kier alpha value is -1.20. The molecular weight excluding hydrogens is 260 g/mol. The van der Waals surface area contributed by atoms with Crippen LogP contribution in [0.3, 0.4) is 0 Å². The second-order valence-electron chi connectivity index (χ2n) is 4.87. The van der Waals surface area contributed by atoms with E-state index in [-0.39, 0.29) is 17.7 Å². The summed E-state index contributed by atoms with van der Waals surface area (Å²) in [5.41, 5.74) is 6.88. The topological polar surface area (TPSA) is 75.3 Å². The quantitative estimate of drug-likeness (QED) is 0.776. The summed E-state index contributed by atoms with van der Waals surface area (Å²) < 4.78 is 0. The maximum atomic E-state index is 12.0. The Morgan fingerprint density at radius 3 is 2.63 bits per heavy atom. The standard InChI is InChI=1S/C14H20N2O2S/c15-13(9-10-1-3-12(17)4-2-10)14(18)16-11-5-7-19-8-6-11/h1-4,11,13,17H,5-9,15H2,(H,16,18)/t13-/m0/s1. The number of hydrogen-bond donors (Lipinski definition) is 3. The Bertz CT molecular complexity index is 416. The van der Waals surface area contributed by atoms with Gasteiger partial charge < -0.3 is 16.2 Å². The van der Waals surface area contributed by atoms with Crippen molar-refractivity contribution in [1.82, 2.24) is 5.32 Å². The number of amides is 1. The monoisotopic (exact) mass is 280 g/mol. The summed E-state index contributed by atoms with van der Waals surface area (Å²) in [4.78, 5) is 12.0. The molecule has 104 valence electrons. The first-order chi connectivity index (χ1) is 9.15. The average molecular weight is 280 g/mol. The highest BCUT2D eigenvalue weighted by Gasteiger charge is 2.20. The van der Waals surface area contributed by atoms with Crippen molar-refractivity contribution in [1.29, 1.82) is 0 Å². The molecule has 0 radical (unpaired) electrons. The summed E-state index contributed by atoms with van der Waals surface area (Å²) in [6, 6.07) is 6.55. The molecule has 4 N–H and O–H groups in total. The van der Waals surface area contributed by atoms with Crippen LogP contribution in [-0.2, 0) is 11.2 Å². The first-order valence-corrected chi connectivity index (χ1v) is 7.72. The van der Waals surface area contributed by atoms with E-state index < -0.39 is 6.04 Å². The van der Waals surface area contributed by atoms with Crippen molar-refractivity contribution < 1.29 is 9.90 Å². The van der Waals surface area contributed by atoms with Gasteiger partial charge in [0, 0.05) is 6.04 Å². The molecule has 4 nitrogen and oxygen atoms in total. The zero-order valence-corrected chi connectivity index (χ0v) is 11.7. The highest BCUT2D eigenvalue weighted by atomic mass is 32.2. The first-order valence-electron chi connectivity index (χ1n) is 6.57. The van der Waals surface area contributed by atoms with E-state index in [4.69, 9.17) is 5.73 Å². The number of hydrogen-bond acceptors (Lipinski definition) is 4. The number of carbonyl (C=O) groups is 1. The molecule has 1 atom stereocenters. The molecule has 0 aliphatic carbocycles. The molecular formula is C14H20N2O2S. The largest absolute Gasteiger partial charge is 0.508 e. The predicted octanol–water partition coefficient (Wildman–Crippen LogP) is 1.27. The lowest BCUT2D eigenvalue weighted by Gasteiger charge is -2.24. The van der Waals surface area contributed by atoms with Crippen LogP contribution in [0.25, 0.3) is 0 Å². The van der Waals surface area contributed by atoms with Crippen LogP contribution in [-0.4, -0.2) is 34.6 Å². The lowest BCUT2D eigenvalue weighted by atomic mass is 10.0. The van der Waals surface area contributed by atoms with Gasteiger partial charge in [-0.15, -0.1) is 0 Å². The SMILES string of the molecule is N[C@@H](Cc1ccc(O)cc1)C(=O)NC1CCSCC1. The molecule has 2 rings (SSSR count). The molecule has 1 amide bonds. The van der Waals surface area contributed by atoms with E-state index in [0.29, 0.717) is 6.42 Å². The number of nitrogens with two attached hydrogens (primary N) is 1. The first kappa shape index (κ1) is 14.2. The zero-order valence-electron chi connectivity index (χ0n) is 10.8. The molecule has 0 unspecified atom stereocenters. The third kappa shape index (κ3) is 4.44. The molecule has 1 aliphatic heterocycles. The normalized spacial score (nSPS) is 17.9. The molecule has 0 saturated carbocycles. The second kappa shape index (κ2) is 6.82. The molecule has 5 heteroatoms. The third-order valence-corrected chi connectivity index (χ3v) is 4.35. The fourth-order valence-corrected chi connectivity index (χ4v) is 3.24. The van der Waals surface area contributed by atoms with Crippen LogP contribution in [0, 0.1) is 0 Å². The fourth-order valence-electron chi connectivity index (χ4n) is 2.13. The summed E-state index contributed by atoms with van der Waals surface area (Å²) in [5, 5.41) is 12.2.